The third-order valence-corrected chi connectivity index (χ3v) is 6.17. The lowest BCUT2D eigenvalue weighted by Crippen LogP contribution is -2.48. The maximum absolute atomic E-state index is 12.4. The maximum atomic E-state index is 12.4. The molecule has 0 saturated carbocycles. The number of rotatable bonds is 4. The van der Waals surface area contributed by atoms with E-state index in [2.05, 4.69) is 53.8 Å². The summed E-state index contributed by atoms with van der Waals surface area (Å²) in [5.74, 6) is 0. The molecule has 0 unspecified atom stereocenters. The zero-order chi connectivity index (χ0) is 20.5. The van der Waals surface area contributed by atoms with Crippen LogP contribution < -0.4 is 5.56 Å². The van der Waals surface area contributed by atoms with E-state index >= 15 is 0 Å². The van der Waals surface area contributed by atoms with Gasteiger partial charge in [-0.25, -0.2) is 0 Å². The molecule has 1 fully saturated rings. The number of benzene rings is 1. The van der Waals surface area contributed by atoms with E-state index < -0.39 is 0 Å². The number of nitrogens with zero attached hydrogens (tertiary/aromatic N) is 4. The number of piperazine rings is 1. The van der Waals surface area contributed by atoms with Crippen LogP contribution >= 0.6 is 0 Å². The van der Waals surface area contributed by atoms with Crippen molar-refractivity contribution < 1.29 is 0 Å². The number of hydrogen-bond donors (Lipinski definition) is 0. The van der Waals surface area contributed by atoms with Gasteiger partial charge in [-0.05, 0) is 48.9 Å². The van der Waals surface area contributed by atoms with Crippen LogP contribution in [0.5, 0.6) is 0 Å². The molecule has 1 aliphatic heterocycles. The Kier molecular flexibility index (Phi) is 5.52. The van der Waals surface area contributed by atoms with Gasteiger partial charge in [-0.3, -0.25) is 19.6 Å². The summed E-state index contributed by atoms with van der Waals surface area (Å²) in [4.78, 5) is 21.7. The Bertz CT molecular complexity index is 1080. The Morgan fingerprint density at radius 1 is 1.07 bits per heavy atom. The van der Waals surface area contributed by atoms with E-state index in [0.29, 0.717) is 11.4 Å². The normalized spacial score (nSPS) is 16.0. The molecule has 0 N–H and O–H groups in total. The molecular formula is C24H30N4O. The van der Waals surface area contributed by atoms with Crippen molar-refractivity contribution in [3.63, 3.8) is 0 Å². The van der Waals surface area contributed by atoms with Crippen LogP contribution in [0.15, 0.2) is 47.7 Å². The number of fused-ring (bicyclic) bond motifs is 1. The molecule has 3 aromatic rings. The van der Waals surface area contributed by atoms with E-state index in [1.54, 1.807) is 24.0 Å². The summed E-state index contributed by atoms with van der Waals surface area (Å²) in [5, 5.41) is 1.62. The Labute approximate surface area is 172 Å². The van der Waals surface area contributed by atoms with Gasteiger partial charge in [-0.2, -0.15) is 0 Å². The Morgan fingerprint density at radius 3 is 2.52 bits per heavy atom. The van der Waals surface area contributed by atoms with Crippen molar-refractivity contribution in [2.45, 2.75) is 33.4 Å². The quantitative estimate of drug-likeness (QED) is 0.684. The van der Waals surface area contributed by atoms with Crippen molar-refractivity contribution in [1.29, 1.82) is 0 Å². The third kappa shape index (κ3) is 3.98. The van der Waals surface area contributed by atoms with Crippen molar-refractivity contribution >= 4 is 10.8 Å². The highest BCUT2D eigenvalue weighted by Crippen LogP contribution is 2.28. The second kappa shape index (κ2) is 8.09. The van der Waals surface area contributed by atoms with Gasteiger partial charge in [0, 0.05) is 70.0 Å². The fraction of sp³-hybridized carbons (Fsp3) is 0.417. The van der Waals surface area contributed by atoms with Crippen LogP contribution in [-0.4, -0.2) is 51.6 Å². The molecule has 3 heterocycles. The molecule has 0 bridgehead atoms. The highest BCUT2D eigenvalue weighted by Gasteiger charge is 2.19. The van der Waals surface area contributed by atoms with Gasteiger partial charge in [0.1, 0.15) is 0 Å². The van der Waals surface area contributed by atoms with Crippen LogP contribution in [0.4, 0.5) is 0 Å². The van der Waals surface area contributed by atoms with Gasteiger partial charge in [-0.1, -0.05) is 18.2 Å². The topological polar surface area (TPSA) is 41.4 Å². The third-order valence-electron chi connectivity index (χ3n) is 6.17. The van der Waals surface area contributed by atoms with Crippen LogP contribution in [0.3, 0.4) is 0 Å². The zero-order valence-corrected chi connectivity index (χ0v) is 17.9. The highest BCUT2D eigenvalue weighted by atomic mass is 16.1. The van der Waals surface area contributed by atoms with E-state index in [1.807, 2.05) is 12.3 Å². The molecule has 1 saturated heterocycles. The predicted molar refractivity (Wildman–Crippen MR) is 119 cm³/mol. The molecule has 2 aromatic heterocycles. The Balaban J connectivity index is 1.60. The van der Waals surface area contributed by atoms with Crippen LogP contribution in [0, 0.1) is 6.92 Å². The molecule has 152 valence electrons. The molecule has 1 aromatic carbocycles. The summed E-state index contributed by atoms with van der Waals surface area (Å²) in [6, 6.07) is 9.25. The first kappa shape index (κ1) is 19.8. The van der Waals surface area contributed by atoms with Crippen LogP contribution in [0.25, 0.3) is 21.9 Å². The lowest BCUT2D eigenvalue weighted by molar-refractivity contribution is 0.104. The van der Waals surface area contributed by atoms with E-state index in [1.165, 1.54) is 11.1 Å². The van der Waals surface area contributed by atoms with Crippen molar-refractivity contribution in [2.75, 3.05) is 26.2 Å². The first-order valence-electron chi connectivity index (χ1n) is 10.4. The predicted octanol–water partition coefficient (Wildman–Crippen LogP) is 3.43. The van der Waals surface area contributed by atoms with Crippen LogP contribution in [-0.2, 0) is 13.6 Å². The van der Waals surface area contributed by atoms with Gasteiger partial charge in [0.05, 0.1) is 5.39 Å². The maximum Gasteiger partial charge on any atom is 0.259 e. The molecule has 0 aliphatic carbocycles. The average molecular weight is 391 g/mol. The smallest absolute Gasteiger partial charge is 0.259 e. The van der Waals surface area contributed by atoms with E-state index in [-0.39, 0.29) is 5.56 Å². The molecule has 1 aliphatic rings. The molecule has 0 amide bonds. The number of pyridine rings is 2. The standard InChI is InChI=1S/C24H30N4O/c1-17(2)28-11-9-27(10-12-28)15-20-6-5-19(13-18(20)3)23-16-26(4)24(29)22-14-25-8-7-21(22)23/h5-8,13-14,16-17H,9-12,15H2,1-4H3. The first-order chi connectivity index (χ1) is 13.9. The molecule has 0 atom stereocenters. The van der Waals surface area contributed by atoms with Gasteiger partial charge in [0.2, 0.25) is 0 Å². The van der Waals surface area contributed by atoms with Gasteiger partial charge in [0.25, 0.3) is 5.56 Å². The average Bonchev–Trinajstić information content (AvgIpc) is 2.72. The van der Waals surface area contributed by atoms with E-state index in [0.717, 1.165) is 49.2 Å². The summed E-state index contributed by atoms with van der Waals surface area (Å²) < 4.78 is 1.65. The Morgan fingerprint density at radius 2 is 1.83 bits per heavy atom. The van der Waals surface area contributed by atoms with E-state index in [9.17, 15) is 4.79 Å². The van der Waals surface area contributed by atoms with Crippen molar-refractivity contribution in [2.24, 2.45) is 7.05 Å². The van der Waals surface area contributed by atoms with Gasteiger partial charge in [-0.15, -0.1) is 0 Å². The Hall–Kier alpha value is -2.50. The van der Waals surface area contributed by atoms with E-state index in [4.69, 9.17) is 0 Å². The van der Waals surface area contributed by atoms with Crippen molar-refractivity contribution in [3.8, 4) is 11.1 Å². The lowest BCUT2D eigenvalue weighted by atomic mass is 9.97. The number of aryl methyl sites for hydroxylation is 2. The largest absolute Gasteiger partial charge is 0.317 e. The molecule has 4 rings (SSSR count). The summed E-state index contributed by atoms with van der Waals surface area (Å²) in [7, 11) is 1.80. The monoisotopic (exact) mass is 390 g/mol. The zero-order valence-electron chi connectivity index (χ0n) is 17.9. The van der Waals surface area contributed by atoms with Crippen LogP contribution in [0.1, 0.15) is 25.0 Å². The highest BCUT2D eigenvalue weighted by molar-refractivity contribution is 5.95. The molecular weight excluding hydrogens is 360 g/mol. The minimum Gasteiger partial charge on any atom is -0.317 e. The summed E-state index contributed by atoms with van der Waals surface area (Å²) in [5.41, 5.74) is 4.88. The fourth-order valence-electron chi connectivity index (χ4n) is 4.26. The summed E-state index contributed by atoms with van der Waals surface area (Å²) in [6.07, 6.45) is 5.35. The molecule has 5 heteroatoms. The minimum atomic E-state index is -0.00858. The van der Waals surface area contributed by atoms with Crippen molar-refractivity contribution in [3.05, 3.63) is 64.3 Å². The van der Waals surface area contributed by atoms with Gasteiger partial charge < -0.3 is 4.57 Å². The number of hydrogen-bond acceptors (Lipinski definition) is 4. The molecule has 0 spiro atoms. The van der Waals surface area contributed by atoms with Crippen LogP contribution in [0.2, 0.25) is 0 Å². The number of aromatic nitrogens is 2. The van der Waals surface area contributed by atoms with Crippen molar-refractivity contribution in [1.82, 2.24) is 19.4 Å². The lowest BCUT2D eigenvalue weighted by Gasteiger charge is -2.37. The summed E-state index contributed by atoms with van der Waals surface area (Å²) >= 11 is 0. The first-order valence-corrected chi connectivity index (χ1v) is 10.4. The molecule has 0 radical (unpaired) electrons. The second-order valence-corrected chi connectivity index (χ2v) is 8.43. The molecule has 5 nitrogen and oxygen atoms in total. The molecule has 29 heavy (non-hydrogen) atoms. The fourth-order valence-corrected chi connectivity index (χ4v) is 4.26. The minimum absolute atomic E-state index is 0.00858. The second-order valence-electron chi connectivity index (χ2n) is 8.43. The van der Waals surface area contributed by atoms with Gasteiger partial charge >= 0.3 is 0 Å². The van der Waals surface area contributed by atoms with Gasteiger partial charge in [0.15, 0.2) is 0 Å². The summed E-state index contributed by atoms with van der Waals surface area (Å²) in [6.45, 7) is 12.3. The SMILES string of the molecule is Cc1cc(-c2cn(C)c(=O)c3cnccc23)ccc1CN1CCN(C(C)C)CC1.